The maximum Gasteiger partial charge on any atom is 0.228 e. The van der Waals surface area contributed by atoms with Crippen LogP contribution < -0.4 is 10.1 Å². The van der Waals surface area contributed by atoms with E-state index < -0.39 is 0 Å². The van der Waals surface area contributed by atoms with Gasteiger partial charge in [0.2, 0.25) is 5.91 Å². The molecule has 3 fully saturated rings. The summed E-state index contributed by atoms with van der Waals surface area (Å²) in [5, 5.41) is 12.2. The molecular weight excluding hydrogens is 264 g/mol. The van der Waals surface area contributed by atoms with Crippen LogP contribution in [0.4, 0.5) is 5.69 Å². The number of nitrogens with zero attached hydrogens (tertiary/aromatic N) is 1. The van der Waals surface area contributed by atoms with Gasteiger partial charge in [0.05, 0.1) is 12.7 Å². The first-order valence-electron chi connectivity index (χ1n) is 7.62. The number of rotatable bonds is 3. The largest absolute Gasteiger partial charge is 0.495 e. The van der Waals surface area contributed by atoms with Crippen molar-refractivity contribution in [2.75, 3.05) is 12.4 Å². The zero-order chi connectivity index (χ0) is 14.6. The van der Waals surface area contributed by atoms with Gasteiger partial charge in [0.1, 0.15) is 17.5 Å². The Balaban J connectivity index is 1.55. The molecule has 0 aromatic heterocycles. The van der Waals surface area contributed by atoms with E-state index in [1.165, 1.54) is 19.3 Å². The fourth-order valence-electron chi connectivity index (χ4n) is 4.81. The summed E-state index contributed by atoms with van der Waals surface area (Å²) < 4.78 is 5.27. The molecule has 1 aromatic rings. The van der Waals surface area contributed by atoms with Gasteiger partial charge in [-0.2, -0.15) is 5.26 Å². The fourth-order valence-corrected chi connectivity index (χ4v) is 4.81. The SMILES string of the molecule is COc1cccc(C#N)c1NC(=O)C1C2C3CCC(C3)C12. The van der Waals surface area contributed by atoms with Crippen molar-refractivity contribution in [3.05, 3.63) is 23.8 Å². The highest BCUT2D eigenvalue weighted by Crippen LogP contribution is 2.69. The number of ether oxygens (including phenoxy) is 1. The highest BCUT2D eigenvalue weighted by molar-refractivity contribution is 5.97. The van der Waals surface area contributed by atoms with Gasteiger partial charge in [0.25, 0.3) is 0 Å². The lowest BCUT2D eigenvalue weighted by Gasteiger charge is -2.13. The molecule has 3 aliphatic carbocycles. The van der Waals surface area contributed by atoms with Crippen LogP contribution in [0, 0.1) is 40.9 Å². The molecule has 4 atom stereocenters. The lowest BCUT2D eigenvalue weighted by atomic mass is 10.0. The van der Waals surface area contributed by atoms with E-state index in [9.17, 15) is 10.1 Å². The van der Waals surface area contributed by atoms with Gasteiger partial charge in [-0.25, -0.2) is 0 Å². The summed E-state index contributed by atoms with van der Waals surface area (Å²) in [6.45, 7) is 0. The van der Waals surface area contributed by atoms with Crippen LogP contribution in [0.15, 0.2) is 18.2 Å². The van der Waals surface area contributed by atoms with Gasteiger partial charge < -0.3 is 10.1 Å². The lowest BCUT2D eigenvalue weighted by molar-refractivity contribution is -0.118. The van der Waals surface area contributed by atoms with E-state index in [2.05, 4.69) is 11.4 Å². The zero-order valence-corrected chi connectivity index (χ0v) is 12.0. The quantitative estimate of drug-likeness (QED) is 0.927. The molecule has 108 valence electrons. The minimum atomic E-state index is 0.0719. The molecule has 21 heavy (non-hydrogen) atoms. The Bertz CT molecular complexity index is 633. The highest BCUT2D eigenvalue weighted by Gasteiger charge is 2.67. The standard InChI is InChI=1S/C17H18N2O2/c1-21-12-4-2-3-11(8-18)16(12)19-17(20)15-13-9-5-6-10(7-9)14(13)15/h2-4,9-10,13-15H,5-7H2,1H3,(H,19,20). The summed E-state index contributed by atoms with van der Waals surface area (Å²) in [5.41, 5.74) is 0.973. The first-order chi connectivity index (χ1) is 10.2. The van der Waals surface area contributed by atoms with Crippen molar-refractivity contribution in [2.24, 2.45) is 29.6 Å². The van der Waals surface area contributed by atoms with Crippen LogP contribution in [0.3, 0.4) is 0 Å². The highest BCUT2D eigenvalue weighted by atomic mass is 16.5. The number of fused-ring (bicyclic) bond motifs is 5. The number of carbonyl (C=O) groups excluding carboxylic acids is 1. The Kier molecular flexibility index (Phi) is 2.72. The molecule has 1 N–H and O–H groups in total. The summed E-state index contributed by atoms with van der Waals surface area (Å²) >= 11 is 0. The molecule has 4 rings (SSSR count). The second kappa shape index (κ2) is 4.49. The molecule has 0 spiro atoms. The molecule has 0 heterocycles. The van der Waals surface area contributed by atoms with E-state index in [1.54, 1.807) is 25.3 Å². The van der Waals surface area contributed by atoms with Crippen LogP contribution in [-0.2, 0) is 4.79 Å². The van der Waals surface area contributed by atoms with Crippen LogP contribution in [0.25, 0.3) is 0 Å². The summed E-state index contributed by atoms with van der Waals surface area (Å²) in [6, 6.07) is 7.36. The molecule has 1 amide bonds. The van der Waals surface area contributed by atoms with E-state index >= 15 is 0 Å². The molecule has 0 radical (unpaired) electrons. The molecule has 2 bridgehead atoms. The normalized spacial score (nSPS) is 35.0. The topological polar surface area (TPSA) is 62.1 Å². The van der Waals surface area contributed by atoms with E-state index in [-0.39, 0.29) is 11.8 Å². The average molecular weight is 282 g/mol. The molecule has 4 heteroatoms. The maximum absolute atomic E-state index is 12.6. The molecule has 0 aliphatic heterocycles. The van der Waals surface area contributed by atoms with Crippen molar-refractivity contribution in [3.63, 3.8) is 0 Å². The smallest absolute Gasteiger partial charge is 0.228 e. The monoisotopic (exact) mass is 282 g/mol. The zero-order valence-electron chi connectivity index (χ0n) is 12.0. The van der Waals surface area contributed by atoms with Gasteiger partial charge >= 0.3 is 0 Å². The van der Waals surface area contributed by atoms with Gasteiger partial charge in [0.15, 0.2) is 0 Å². The number of nitrogens with one attached hydrogen (secondary N) is 1. The van der Waals surface area contributed by atoms with E-state index in [1.807, 2.05) is 0 Å². The Labute approximate surface area is 124 Å². The number of para-hydroxylation sites is 1. The molecular formula is C17H18N2O2. The summed E-state index contributed by atoms with van der Waals surface area (Å²) in [5.74, 6) is 3.52. The Morgan fingerprint density at radius 1 is 1.33 bits per heavy atom. The maximum atomic E-state index is 12.6. The third-order valence-corrected chi connectivity index (χ3v) is 5.65. The van der Waals surface area contributed by atoms with Crippen molar-refractivity contribution in [1.82, 2.24) is 0 Å². The Morgan fingerprint density at radius 3 is 2.67 bits per heavy atom. The van der Waals surface area contributed by atoms with Crippen LogP contribution in [-0.4, -0.2) is 13.0 Å². The number of nitriles is 1. The minimum Gasteiger partial charge on any atom is -0.495 e. The number of amides is 1. The number of anilines is 1. The third kappa shape index (κ3) is 1.77. The Hall–Kier alpha value is -2.02. The predicted molar refractivity (Wildman–Crippen MR) is 77.6 cm³/mol. The number of hydrogen-bond donors (Lipinski definition) is 1. The number of methoxy groups -OCH3 is 1. The average Bonchev–Trinajstić information content (AvgIpc) is 2.96. The second-order valence-electron chi connectivity index (χ2n) is 6.50. The van der Waals surface area contributed by atoms with E-state index in [0.29, 0.717) is 28.8 Å². The van der Waals surface area contributed by atoms with Crippen LogP contribution in [0.2, 0.25) is 0 Å². The lowest BCUT2D eigenvalue weighted by Crippen LogP contribution is -2.19. The summed E-state index contributed by atoms with van der Waals surface area (Å²) in [7, 11) is 1.55. The van der Waals surface area contributed by atoms with Crippen LogP contribution in [0.1, 0.15) is 24.8 Å². The Morgan fingerprint density at radius 2 is 2.05 bits per heavy atom. The molecule has 0 saturated heterocycles. The molecule has 1 aromatic carbocycles. The molecule has 4 nitrogen and oxygen atoms in total. The molecule has 3 saturated carbocycles. The number of carbonyl (C=O) groups is 1. The van der Waals surface area contributed by atoms with Gasteiger partial charge in [-0.3, -0.25) is 4.79 Å². The first-order valence-corrected chi connectivity index (χ1v) is 7.62. The first kappa shape index (κ1) is 12.7. The third-order valence-electron chi connectivity index (χ3n) is 5.65. The van der Waals surface area contributed by atoms with Gasteiger partial charge in [-0.15, -0.1) is 0 Å². The number of benzene rings is 1. The number of hydrogen-bond acceptors (Lipinski definition) is 3. The second-order valence-corrected chi connectivity index (χ2v) is 6.50. The molecule has 4 unspecified atom stereocenters. The van der Waals surface area contributed by atoms with Crippen molar-refractivity contribution in [3.8, 4) is 11.8 Å². The summed E-state index contributed by atoms with van der Waals surface area (Å²) in [4.78, 5) is 12.6. The van der Waals surface area contributed by atoms with Crippen molar-refractivity contribution < 1.29 is 9.53 Å². The van der Waals surface area contributed by atoms with Gasteiger partial charge in [-0.1, -0.05) is 6.07 Å². The van der Waals surface area contributed by atoms with E-state index in [0.717, 1.165) is 11.8 Å². The van der Waals surface area contributed by atoms with Crippen LogP contribution in [0.5, 0.6) is 5.75 Å². The van der Waals surface area contributed by atoms with Crippen molar-refractivity contribution in [1.29, 1.82) is 5.26 Å². The predicted octanol–water partition coefficient (Wildman–Crippen LogP) is 2.80. The summed E-state index contributed by atoms with van der Waals surface area (Å²) in [6.07, 6.45) is 3.93. The van der Waals surface area contributed by atoms with Crippen molar-refractivity contribution in [2.45, 2.75) is 19.3 Å². The molecule has 3 aliphatic rings. The van der Waals surface area contributed by atoms with Crippen molar-refractivity contribution >= 4 is 11.6 Å². The van der Waals surface area contributed by atoms with Gasteiger partial charge in [-0.05, 0) is 55.1 Å². The van der Waals surface area contributed by atoms with E-state index in [4.69, 9.17) is 4.74 Å². The van der Waals surface area contributed by atoms with Crippen LogP contribution >= 0.6 is 0 Å². The van der Waals surface area contributed by atoms with Gasteiger partial charge in [0, 0.05) is 5.92 Å². The minimum absolute atomic E-state index is 0.0719. The fraction of sp³-hybridized carbons (Fsp3) is 0.529.